The molecule has 0 spiro atoms. The van der Waals surface area contributed by atoms with E-state index < -0.39 is 0 Å². The topological polar surface area (TPSA) is 34.1 Å². The first kappa shape index (κ1) is 15.9. The van der Waals surface area contributed by atoms with Gasteiger partial charge in [0.2, 0.25) is 0 Å². The van der Waals surface area contributed by atoms with Crippen molar-refractivity contribution in [3.05, 3.63) is 41.6 Å². The van der Waals surface area contributed by atoms with E-state index in [1.807, 2.05) is 6.92 Å². The molecule has 0 aliphatic rings. The molecule has 1 N–H and O–H groups in total. The predicted octanol–water partition coefficient (Wildman–Crippen LogP) is 4.01. The number of aromatic nitrogens is 1. The van der Waals surface area contributed by atoms with E-state index in [1.165, 1.54) is 10.9 Å². The van der Waals surface area contributed by atoms with E-state index in [9.17, 15) is 0 Å². The molecule has 0 radical (unpaired) electrons. The normalized spacial score (nSPS) is 13.0. The number of ether oxygens (including phenoxy) is 1. The van der Waals surface area contributed by atoms with Gasteiger partial charge in [0.1, 0.15) is 0 Å². The smallest absolute Gasteiger partial charge is 0.0705 e. The van der Waals surface area contributed by atoms with Gasteiger partial charge in [-0.05, 0) is 57.5 Å². The average Bonchev–Trinajstić information content (AvgIpc) is 2.46. The Morgan fingerprint density at radius 3 is 2.71 bits per heavy atom. The van der Waals surface area contributed by atoms with Crippen LogP contribution < -0.4 is 5.32 Å². The van der Waals surface area contributed by atoms with Crippen molar-refractivity contribution in [3.63, 3.8) is 0 Å². The highest BCUT2D eigenvalue weighted by Gasteiger charge is 2.12. The molecule has 0 aliphatic carbocycles. The third kappa shape index (κ3) is 4.51. The zero-order valence-electron chi connectivity index (χ0n) is 13.5. The zero-order valence-corrected chi connectivity index (χ0v) is 13.5. The minimum absolute atomic E-state index is 0.234. The number of benzene rings is 1. The molecule has 1 heterocycles. The molecule has 0 saturated heterocycles. The summed E-state index contributed by atoms with van der Waals surface area (Å²) in [6.45, 7) is 10.0. The van der Waals surface area contributed by atoms with Gasteiger partial charge in [-0.2, -0.15) is 0 Å². The van der Waals surface area contributed by atoms with Crippen LogP contribution in [-0.4, -0.2) is 24.2 Å². The maximum Gasteiger partial charge on any atom is 0.0705 e. The molecular formula is C18H26N2O. The number of hydrogen-bond acceptors (Lipinski definition) is 3. The molecule has 0 bridgehead atoms. The van der Waals surface area contributed by atoms with Gasteiger partial charge in [0.25, 0.3) is 0 Å². The van der Waals surface area contributed by atoms with Crippen molar-refractivity contribution in [1.29, 1.82) is 0 Å². The van der Waals surface area contributed by atoms with Crippen LogP contribution in [0.1, 0.15) is 44.5 Å². The third-order valence-electron chi connectivity index (χ3n) is 3.49. The monoisotopic (exact) mass is 286 g/mol. The fraction of sp³-hybridized carbons (Fsp3) is 0.500. The van der Waals surface area contributed by atoms with Crippen molar-refractivity contribution < 1.29 is 4.74 Å². The van der Waals surface area contributed by atoms with E-state index in [2.05, 4.69) is 61.4 Å². The van der Waals surface area contributed by atoms with Crippen molar-refractivity contribution in [2.75, 3.05) is 13.2 Å². The molecule has 0 aliphatic heterocycles. The lowest BCUT2D eigenvalue weighted by Gasteiger charge is -2.21. The van der Waals surface area contributed by atoms with Crippen LogP contribution in [-0.2, 0) is 4.74 Å². The Balaban J connectivity index is 2.23. The number of aryl methyl sites for hydroxylation is 1. The second-order valence-electron chi connectivity index (χ2n) is 5.79. The molecule has 3 heteroatoms. The predicted molar refractivity (Wildman–Crippen MR) is 88.6 cm³/mol. The highest BCUT2D eigenvalue weighted by Crippen LogP contribution is 2.20. The summed E-state index contributed by atoms with van der Waals surface area (Å²) in [5, 5.41) is 4.76. The standard InChI is InChI=1S/C18H26N2O/c1-5-10-19-18(12-21-13(2)3)16-8-9-17-15(11-16)7-6-14(4)20-17/h6-9,11,13,18-19H,5,10,12H2,1-4H3. The summed E-state index contributed by atoms with van der Waals surface area (Å²) in [6.07, 6.45) is 1.37. The van der Waals surface area contributed by atoms with Crippen LogP contribution in [0.25, 0.3) is 10.9 Å². The molecule has 21 heavy (non-hydrogen) atoms. The van der Waals surface area contributed by atoms with Gasteiger partial charge in [-0.15, -0.1) is 0 Å². The number of nitrogens with zero attached hydrogens (tertiary/aromatic N) is 1. The molecule has 0 saturated carbocycles. The molecule has 114 valence electrons. The Morgan fingerprint density at radius 1 is 1.19 bits per heavy atom. The van der Waals surface area contributed by atoms with Crippen LogP contribution >= 0.6 is 0 Å². The first-order valence-electron chi connectivity index (χ1n) is 7.82. The van der Waals surface area contributed by atoms with Crippen molar-refractivity contribution in [2.24, 2.45) is 0 Å². The molecule has 0 amide bonds. The maximum absolute atomic E-state index is 5.81. The highest BCUT2D eigenvalue weighted by atomic mass is 16.5. The Hall–Kier alpha value is -1.45. The molecule has 2 rings (SSSR count). The fourth-order valence-corrected chi connectivity index (χ4v) is 2.34. The number of nitrogens with one attached hydrogen (secondary N) is 1. The molecule has 1 atom stereocenters. The first-order chi connectivity index (χ1) is 10.1. The van der Waals surface area contributed by atoms with Crippen LogP contribution in [0.5, 0.6) is 0 Å². The van der Waals surface area contributed by atoms with Crippen molar-refractivity contribution >= 4 is 10.9 Å². The molecule has 0 fully saturated rings. The molecule has 2 aromatic rings. The van der Waals surface area contributed by atoms with E-state index in [-0.39, 0.29) is 12.1 Å². The van der Waals surface area contributed by atoms with Gasteiger partial charge in [0.15, 0.2) is 0 Å². The van der Waals surface area contributed by atoms with Crippen molar-refractivity contribution in [3.8, 4) is 0 Å². The van der Waals surface area contributed by atoms with Crippen molar-refractivity contribution in [2.45, 2.75) is 46.3 Å². The Labute approximate surface area is 127 Å². The quantitative estimate of drug-likeness (QED) is 0.835. The van der Waals surface area contributed by atoms with Crippen LogP contribution in [0.2, 0.25) is 0 Å². The highest BCUT2D eigenvalue weighted by molar-refractivity contribution is 5.79. The van der Waals surface area contributed by atoms with Gasteiger partial charge in [0, 0.05) is 11.1 Å². The van der Waals surface area contributed by atoms with Crippen LogP contribution in [0.15, 0.2) is 30.3 Å². The minimum Gasteiger partial charge on any atom is -0.377 e. The molecule has 1 aromatic heterocycles. The summed E-state index contributed by atoms with van der Waals surface area (Å²) in [5.41, 5.74) is 3.37. The van der Waals surface area contributed by atoms with Gasteiger partial charge < -0.3 is 10.1 Å². The van der Waals surface area contributed by atoms with Crippen molar-refractivity contribution in [1.82, 2.24) is 10.3 Å². The van der Waals surface area contributed by atoms with Crippen LogP contribution in [0.3, 0.4) is 0 Å². The van der Waals surface area contributed by atoms with Gasteiger partial charge in [-0.25, -0.2) is 0 Å². The minimum atomic E-state index is 0.234. The lowest BCUT2D eigenvalue weighted by atomic mass is 10.0. The SMILES string of the molecule is CCCNC(COC(C)C)c1ccc2nc(C)ccc2c1. The Kier molecular flexibility index (Phi) is 5.71. The van der Waals surface area contributed by atoms with Gasteiger partial charge >= 0.3 is 0 Å². The maximum atomic E-state index is 5.81. The van der Waals surface area contributed by atoms with Gasteiger partial charge in [-0.3, -0.25) is 4.98 Å². The average molecular weight is 286 g/mol. The molecule has 1 unspecified atom stereocenters. The zero-order chi connectivity index (χ0) is 15.2. The van der Waals surface area contributed by atoms with Gasteiger partial charge in [-0.1, -0.05) is 19.1 Å². The fourth-order valence-electron chi connectivity index (χ4n) is 2.34. The summed E-state index contributed by atoms with van der Waals surface area (Å²) in [4.78, 5) is 4.56. The lowest BCUT2D eigenvalue weighted by molar-refractivity contribution is 0.0611. The van der Waals surface area contributed by atoms with E-state index in [0.29, 0.717) is 6.61 Å². The number of rotatable bonds is 7. The van der Waals surface area contributed by atoms with E-state index in [1.54, 1.807) is 0 Å². The second kappa shape index (κ2) is 7.53. The second-order valence-corrected chi connectivity index (χ2v) is 5.79. The first-order valence-corrected chi connectivity index (χ1v) is 7.82. The summed E-state index contributed by atoms with van der Waals surface area (Å²) >= 11 is 0. The summed E-state index contributed by atoms with van der Waals surface area (Å²) in [5.74, 6) is 0. The Bertz CT molecular complexity index is 580. The third-order valence-corrected chi connectivity index (χ3v) is 3.49. The largest absolute Gasteiger partial charge is 0.377 e. The van der Waals surface area contributed by atoms with E-state index >= 15 is 0 Å². The van der Waals surface area contributed by atoms with E-state index in [4.69, 9.17) is 4.74 Å². The summed E-state index contributed by atoms with van der Waals surface area (Å²) < 4.78 is 5.81. The van der Waals surface area contributed by atoms with E-state index in [0.717, 1.165) is 24.2 Å². The lowest BCUT2D eigenvalue weighted by Crippen LogP contribution is -2.27. The summed E-state index contributed by atoms with van der Waals surface area (Å²) in [7, 11) is 0. The number of hydrogen-bond donors (Lipinski definition) is 1. The molecular weight excluding hydrogens is 260 g/mol. The summed E-state index contributed by atoms with van der Waals surface area (Å²) in [6, 6.07) is 10.9. The van der Waals surface area contributed by atoms with Crippen LogP contribution in [0.4, 0.5) is 0 Å². The van der Waals surface area contributed by atoms with Gasteiger partial charge in [0.05, 0.1) is 24.3 Å². The number of pyridine rings is 1. The van der Waals surface area contributed by atoms with Crippen LogP contribution in [0, 0.1) is 6.92 Å². The molecule has 3 nitrogen and oxygen atoms in total. The number of fused-ring (bicyclic) bond motifs is 1. The molecule has 1 aromatic carbocycles. The Morgan fingerprint density at radius 2 is 2.00 bits per heavy atom.